The summed E-state index contributed by atoms with van der Waals surface area (Å²) < 4.78 is 66.8. The summed E-state index contributed by atoms with van der Waals surface area (Å²) in [6.45, 7) is 4.51. The third-order valence-electron chi connectivity index (χ3n) is 11.9. The average molecular weight is 638 g/mol. The highest BCUT2D eigenvalue weighted by molar-refractivity contribution is 7.86. The summed E-state index contributed by atoms with van der Waals surface area (Å²) >= 11 is 0. The van der Waals surface area contributed by atoms with Crippen LogP contribution < -0.4 is 0 Å². The quantitative estimate of drug-likeness (QED) is 0.173. The van der Waals surface area contributed by atoms with E-state index in [-0.39, 0.29) is 71.9 Å². The lowest BCUT2D eigenvalue weighted by Gasteiger charge is -2.63. The molecule has 13 heteroatoms. The molecule has 0 saturated heterocycles. The molecule has 10 nitrogen and oxygen atoms in total. The van der Waals surface area contributed by atoms with Gasteiger partial charge in [0.2, 0.25) is 0 Å². The Kier molecular flexibility index (Phi) is 10.2. The van der Waals surface area contributed by atoms with Gasteiger partial charge in [-0.25, -0.2) is 8.42 Å². The number of hydrogen-bond acceptors (Lipinski definition) is 10. The highest BCUT2D eigenvalue weighted by Crippen LogP contribution is 2.68. The molecule has 4 fully saturated rings. The van der Waals surface area contributed by atoms with Crippen LogP contribution in [0.2, 0.25) is 0 Å². The van der Waals surface area contributed by atoms with Gasteiger partial charge in [-0.05, 0) is 104 Å². The van der Waals surface area contributed by atoms with Gasteiger partial charge in [0.1, 0.15) is 0 Å². The van der Waals surface area contributed by atoms with Gasteiger partial charge in [0.15, 0.2) is 16.7 Å². The number of fused-ring (bicyclic) bond motifs is 5. The van der Waals surface area contributed by atoms with Crippen molar-refractivity contribution in [3.63, 3.8) is 0 Å². The Hall–Kier alpha value is -1.41. The summed E-state index contributed by atoms with van der Waals surface area (Å²) in [4.78, 5) is 24.0. The van der Waals surface area contributed by atoms with E-state index in [1.165, 1.54) is 0 Å². The van der Waals surface area contributed by atoms with Crippen molar-refractivity contribution in [2.24, 2.45) is 46.3 Å². The van der Waals surface area contributed by atoms with E-state index in [1.807, 2.05) is 0 Å². The van der Waals surface area contributed by atoms with E-state index in [2.05, 4.69) is 25.5 Å². The zero-order valence-corrected chi connectivity index (χ0v) is 26.1. The molecule has 0 aromatic rings. The number of rotatable bonds is 11. The van der Waals surface area contributed by atoms with E-state index in [0.717, 1.165) is 25.7 Å². The molecule has 0 heterocycles. The second-order valence-electron chi connectivity index (χ2n) is 14.1. The summed E-state index contributed by atoms with van der Waals surface area (Å²) in [5.74, 6) is -0.602. The van der Waals surface area contributed by atoms with Gasteiger partial charge in [-0.2, -0.15) is 8.78 Å². The number of aliphatic hydroxyl groups is 3. The number of aliphatic hydroxyl groups excluding tert-OH is 3. The Morgan fingerprint density at radius 3 is 2.35 bits per heavy atom. The van der Waals surface area contributed by atoms with Crippen molar-refractivity contribution in [3.05, 3.63) is 0 Å². The largest absolute Gasteiger partial charge is 0.743 e. The fourth-order valence-corrected chi connectivity index (χ4v) is 9.67. The van der Waals surface area contributed by atoms with Crippen LogP contribution in [0.15, 0.2) is 0 Å². The number of ether oxygens (including phenoxy) is 2. The Morgan fingerprint density at radius 1 is 1.00 bits per heavy atom. The Balaban J connectivity index is 1.25. The predicted molar refractivity (Wildman–Crippen MR) is 148 cm³/mol. The fourth-order valence-electron chi connectivity index (χ4n) is 9.46. The normalized spacial score (nSPS) is 40.1. The summed E-state index contributed by atoms with van der Waals surface area (Å²) in [5, 5.41) is 28.7. The van der Waals surface area contributed by atoms with Gasteiger partial charge in [-0.15, -0.1) is 0 Å². The van der Waals surface area contributed by atoms with Crippen molar-refractivity contribution in [2.45, 2.75) is 115 Å². The molecule has 0 spiro atoms. The third kappa shape index (κ3) is 6.76. The van der Waals surface area contributed by atoms with Crippen LogP contribution in [0.3, 0.4) is 0 Å². The molecule has 0 aromatic carbocycles. The van der Waals surface area contributed by atoms with Crippen molar-refractivity contribution in [1.82, 2.24) is 0 Å². The molecule has 0 aliphatic heterocycles. The molecule has 0 amide bonds. The minimum atomic E-state index is -5.95. The summed E-state index contributed by atoms with van der Waals surface area (Å²) in [5.41, 5.74) is -0.385. The van der Waals surface area contributed by atoms with Gasteiger partial charge in [0.25, 0.3) is 0 Å². The van der Waals surface area contributed by atoms with E-state index in [1.54, 1.807) is 0 Å². The molecule has 4 saturated carbocycles. The van der Waals surface area contributed by atoms with Crippen molar-refractivity contribution in [3.8, 4) is 0 Å². The van der Waals surface area contributed by atoms with E-state index < -0.39 is 52.5 Å². The second kappa shape index (κ2) is 12.8. The lowest BCUT2D eigenvalue weighted by Crippen LogP contribution is -2.62. The summed E-state index contributed by atoms with van der Waals surface area (Å²) in [6.07, 6.45) is 4.47. The smallest absolute Gasteiger partial charge is 0.367 e. The molecule has 0 aromatic heterocycles. The van der Waals surface area contributed by atoms with Gasteiger partial charge >= 0.3 is 17.2 Å². The van der Waals surface area contributed by atoms with E-state index >= 15 is 0 Å². The van der Waals surface area contributed by atoms with Crippen LogP contribution in [0.25, 0.3) is 0 Å². The molecule has 43 heavy (non-hydrogen) atoms. The first-order valence-electron chi connectivity index (χ1n) is 15.6. The average Bonchev–Trinajstić information content (AvgIpc) is 3.28. The molecule has 3 unspecified atom stereocenters. The topological polar surface area (TPSA) is 170 Å². The molecule has 0 bridgehead atoms. The van der Waals surface area contributed by atoms with E-state index in [4.69, 9.17) is 4.74 Å². The Morgan fingerprint density at radius 2 is 1.67 bits per heavy atom. The minimum Gasteiger partial charge on any atom is -0.743 e. The monoisotopic (exact) mass is 637 g/mol. The first-order chi connectivity index (χ1) is 19.9. The number of alkyl halides is 2. The maximum absolute atomic E-state index is 13.1. The molecule has 248 valence electrons. The van der Waals surface area contributed by atoms with Gasteiger partial charge in [-0.3, -0.25) is 9.59 Å². The molecule has 4 aliphatic rings. The van der Waals surface area contributed by atoms with Gasteiger partial charge in [-0.1, -0.05) is 20.8 Å². The zero-order chi connectivity index (χ0) is 32.0. The third-order valence-corrected chi connectivity index (χ3v) is 12.7. The van der Waals surface area contributed by atoms with Crippen LogP contribution in [0.1, 0.15) is 91.4 Å². The lowest BCUT2D eigenvalue weighted by molar-refractivity contribution is -0.207. The summed E-state index contributed by atoms with van der Waals surface area (Å²) in [7, 11) is -5.95. The van der Waals surface area contributed by atoms with Crippen LogP contribution >= 0.6 is 0 Å². The Labute approximate surface area is 252 Å². The number of esters is 2. The number of halogens is 2. The molecular formula is C30H47F2O10S-. The highest BCUT2D eigenvalue weighted by atomic mass is 32.2. The van der Waals surface area contributed by atoms with Crippen molar-refractivity contribution in [2.75, 3.05) is 13.2 Å². The predicted octanol–water partition coefficient (Wildman–Crippen LogP) is 3.37. The first kappa shape index (κ1) is 34.5. The Bertz CT molecular complexity index is 1130. The lowest BCUT2D eigenvalue weighted by atomic mass is 9.43. The van der Waals surface area contributed by atoms with E-state index in [0.29, 0.717) is 25.7 Å². The van der Waals surface area contributed by atoms with E-state index in [9.17, 15) is 46.7 Å². The SMILES string of the molecule is C[C@H](CCC(=O)OCCCC(=O)OCC(F)(F)S(=O)(=O)[O-])[C@H]1CC[C@H]2[C@@H]3C(O)C[C@@H]4CC(O)CC[C@]4(C)[C@H]3CC(O)[C@]12C. The minimum absolute atomic E-state index is 0.00171. The van der Waals surface area contributed by atoms with Crippen LogP contribution in [0.4, 0.5) is 8.78 Å². The molecule has 3 N–H and O–H groups in total. The van der Waals surface area contributed by atoms with Gasteiger partial charge < -0.3 is 29.3 Å². The van der Waals surface area contributed by atoms with Crippen LogP contribution in [-0.4, -0.2) is 77.0 Å². The van der Waals surface area contributed by atoms with Crippen LogP contribution in [0, 0.1) is 46.3 Å². The van der Waals surface area contributed by atoms with Gasteiger partial charge in [0.05, 0.1) is 24.9 Å². The maximum Gasteiger partial charge on any atom is 0.367 e. The molecule has 11 atom stereocenters. The molecular weight excluding hydrogens is 590 g/mol. The second-order valence-corrected chi connectivity index (χ2v) is 15.6. The number of carbonyl (C=O) groups is 2. The van der Waals surface area contributed by atoms with Crippen LogP contribution in [-0.2, 0) is 29.2 Å². The zero-order valence-electron chi connectivity index (χ0n) is 25.3. The van der Waals surface area contributed by atoms with Crippen molar-refractivity contribution >= 4 is 22.1 Å². The number of carbonyl (C=O) groups excluding carboxylic acids is 2. The van der Waals surface area contributed by atoms with Gasteiger partial charge in [0, 0.05) is 12.8 Å². The standard InChI is InChI=1S/C30H48F2O10S/c1-17(6-9-26(37)41-12-4-5-25(36)42-16-30(31,32)43(38,39)40)20-7-8-21-27-22(15-24(35)29(20,21)3)28(2)11-10-19(33)13-18(28)14-23(27)34/h17-24,27,33-35H,4-16H2,1-3H3,(H,38,39,40)/p-1/t17-,18+,19?,20-,21+,22+,23?,24?,27+,28+,29-/m1/s1. The number of hydrogen-bond donors (Lipinski definition) is 3. The molecule has 4 aliphatic carbocycles. The maximum atomic E-state index is 13.1. The highest BCUT2D eigenvalue weighted by Gasteiger charge is 2.65. The van der Waals surface area contributed by atoms with Crippen molar-refractivity contribution in [1.29, 1.82) is 0 Å². The molecule has 4 rings (SSSR count). The fraction of sp³-hybridized carbons (Fsp3) is 0.933. The van der Waals surface area contributed by atoms with Crippen molar-refractivity contribution < 1.29 is 56.1 Å². The molecule has 0 radical (unpaired) electrons. The van der Waals surface area contributed by atoms with Crippen LogP contribution in [0.5, 0.6) is 0 Å². The first-order valence-corrected chi connectivity index (χ1v) is 17.0. The summed E-state index contributed by atoms with van der Waals surface area (Å²) in [6, 6.07) is 0.